The van der Waals surface area contributed by atoms with Gasteiger partial charge in [0.25, 0.3) is 0 Å². The van der Waals surface area contributed by atoms with E-state index in [2.05, 4.69) is 0 Å². The maximum atomic E-state index is 11.3. The van der Waals surface area contributed by atoms with E-state index in [0.717, 1.165) is 12.8 Å². The van der Waals surface area contributed by atoms with E-state index in [1.807, 2.05) is 6.92 Å². The lowest BCUT2D eigenvalue weighted by Crippen LogP contribution is -2.32. The molecule has 0 fully saturated rings. The Hall–Kier alpha value is -1.10. The average molecular weight is 231 g/mol. The van der Waals surface area contributed by atoms with Gasteiger partial charge in [-0.3, -0.25) is 9.59 Å². The number of carboxylic acid groups (broad SMARTS) is 1. The Morgan fingerprint density at radius 2 is 2.06 bits per heavy atom. The fourth-order valence-electron chi connectivity index (χ4n) is 1.29. The third-order valence-corrected chi connectivity index (χ3v) is 2.25. The molecule has 0 saturated carbocycles. The van der Waals surface area contributed by atoms with Crippen LogP contribution in [0.3, 0.4) is 0 Å². The number of nitrogens with two attached hydrogens (primary N) is 1. The summed E-state index contributed by atoms with van der Waals surface area (Å²) < 4.78 is 4.97. The molecule has 0 aliphatic heterocycles. The molecule has 0 heterocycles. The lowest BCUT2D eigenvalue weighted by Gasteiger charge is -2.13. The Balaban J connectivity index is 3.73. The summed E-state index contributed by atoms with van der Waals surface area (Å²) >= 11 is 0. The molecule has 0 saturated heterocycles. The smallest absolute Gasteiger partial charge is 0.320 e. The number of carbonyl (C=O) groups excluding carboxylic acids is 1. The van der Waals surface area contributed by atoms with Gasteiger partial charge in [-0.05, 0) is 18.8 Å². The van der Waals surface area contributed by atoms with E-state index in [0.29, 0.717) is 6.61 Å². The second kappa shape index (κ2) is 8.10. The summed E-state index contributed by atoms with van der Waals surface area (Å²) in [5.74, 6) is -1.38. The number of esters is 1. The van der Waals surface area contributed by atoms with Gasteiger partial charge in [0.1, 0.15) is 6.04 Å². The fraction of sp³-hybridized carbons (Fsp3) is 0.818. The molecule has 0 aliphatic carbocycles. The van der Waals surface area contributed by atoms with Crippen LogP contribution in [-0.2, 0) is 14.3 Å². The van der Waals surface area contributed by atoms with Crippen LogP contribution < -0.4 is 5.73 Å². The van der Waals surface area contributed by atoms with Crippen molar-refractivity contribution < 1.29 is 19.4 Å². The van der Waals surface area contributed by atoms with Gasteiger partial charge in [-0.25, -0.2) is 0 Å². The Bertz CT molecular complexity index is 230. The van der Waals surface area contributed by atoms with Gasteiger partial charge >= 0.3 is 11.9 Å². The zero-order valence-corrected chi connectivity index (χ0v) is 9.94. The number of rotatable bonds is 8. The van der Waals surface area contributed by atoms with E-state index < -0.39 is 12.0 Å². The summed E-state index contributed by atoms with van der Waals surface area (Å²) in [7, 11) is 0. The van der Waals surface area contributed by atoms with E-state index in [-0.39, 0.29) is 24.7 Å². The topological polar surface area (TPSA) is 89.6 Å². The first-order valence-electron chi connectivity index (χ1n) is 5.61. The normalized spacial score (nSPS) is 14.2. The number of hydrogen-bond acceptors (Lipinski definition) is 4. The number of aliphatic carboxylic acids is 1. The van der Waals surface area contributed by atoms with Crippen molar-refractivity contribution >= 4 is 11.9 Å². The molecule has 5 heteroatoms. The summed E-state index contributed by atoms with van der Waals surface area (Å²) in [5.41, 5.74) is 5.36. The van der Waals surface area contributed by atoms with E-state index in [1.165, 1.54) is 0 Å². The third-order valence-electron chi connectivity index (χ3n) is 2.25. The van der Waals surface area contributed by atoms with Crippen LogP contribution in [0.1, 0.15) is 39.5 Å². The van der Waals surface area contributed by atoms with Crippen LogP contribution in [-0.4, -0.2) is 29.7 Å². The first-order valence-corrected chi connectivity index (χ1v) is 5.61. The van der Waals surface area contributed by atoms with Crippen LogP contribution >= 0.6 is 0 Å². The number of hydrogen-bond donors (Lipinski definition) is 2. The van der Waals surface area contributed by atoms with Crippen molar-refractivity contribution in [1.29, 1.82) is 0 Å². The molecule has 0 amide bonds. The van der Waals surface area contributed by atoms with Gasteiger partial charge in [0.2, 0.25) is 0 Å². The van der Waals surface area contributed by atoms with Gasteiger partial charge in [-0.15, -0.1) is 0 Å². The Labute approximate surface area is 96.0 Å². The molecular weight excluding hydrogens is 210 g/mol. The molecule has 0 aromatic rings. The highest BCUT2D eigenvalue weighted by atomic mass is 16.5. The van der Waals surface area contributed by atoms with Gasteiger partial charge < -0.3 is 15.6 Å². The Morgan fingerprint density at radius 3 is 2.56 bits per heavy atom. The molecule has 3 N–H and O–H groups in total. The second-order valence-corrected chi connectivity index (χ2v) is 4.06. The summed E-state index contributed by atoms with van der Waals surface area (Å²) in [6, 6.07) is -0.904. The Morgan fingerprint density at radius 1 is 1.44 bits per heavy atom. The Kier molecular flexibility index (Phi) is 7.54. The highest BCUT2D eigenvalue weighted by molar-refractivity contribution is 5.73. The van der Waals surface area contributed by atoms with Crippen molar-refractivity contribution in [2.45, 2.75) is 45.6 Å². The van der Waals surface area contributed by atoms with E-state index in [9.17, 15) is 9.59 Å². The molecular formula is C11H21NO4. The largest absolute Gasteiger partial charge is 0.480 e. The molecule has 0 radical (unpaired) electrons. The minimum absolute atomic E-state index is 0.0692. The zero-order chi connectivity index (χ0) is 12.6. The number of unbranched alkanes of at least 4 members (excludes halogenated alkanes) is 1. The first kappa shape index (κ1) is 14.9. The van der Waals surface area contributed by atoms with Crippen LogP contribution in [0.15, 0.2) is 0 Å². The molecule has 0 aromatic carbocycles. The van der Waals surface area contributed by atoms with Crippen molar-refractivity contribution in [2.24, 2.45) is 11.7 Å². The van der Waals surface area contributed by atoms with Gasteiger partial charge in [-0.1, -0.05) is 20.3 Å². The van der Waals surface area contributed by atoms with Crippen LogP contribution in [0.5, 0.6) is 0 Å². The molecule has 0 aromatic heterocycles. The van der Waals surface area contributed by atoms with E-state index >= 15 is 0 Å². The molecule has 16 heavy (non-hydrogen) atoms. The lowest BCUT2D eigenvalue weighted by atomic mass is 9.99. The summed E-state index contributed by atoms with van der Waals surface area (Å²) in [4.78, 5) is 21.8. The molecule has 0 rings (SSSR count). The minimum atomic E-state index is -1.04. The van der Waals surface area contributed by atoms with Crippen LogP contribution in [0.25, 0.3) is 0 Å². The van der Waals surface area contributed by atoms with Crippen molar-refractivity contribution in [3.05, 3.63) is 0 Å². The molecule has 2 atom stereocenters. The van der Waals surface area contributed by atoms with Crippen molar-refractivity contribution in [2.75, 3.05) is 6.61 Å². The maximum Gasteiger partial charge on any atom is 0.320 e. The van der Waals surface area contributed by atoms with Crippen LogP contribution in [0, 0.1) is 5.92 Å². The van der Waals surface area contributed by atoms with E-state index in [4.69, 9.17) is 15.6 Å². The lowest BCUT2D eigenvalue weighted by molar-refractivity contribution is -0.145. The molecule has 5 nitrogen and oxygen atoms in total. The fourth-order valence-corrected chi connectivity index (χ4v) is 1.29. The molecule has 0 aliphatic rings. The second-order valence-electron chi connectivity index (χ2n) is 4.06. The van der Waals surface area contributed by atoms with Crippen molar-refractivity contribution in [3.8, 4) is 0 Å². The highest BCUT2D eigenvalue weighted by Gasteiger charge is 2.18. The van der Waals surface area contributed by atoms with Gasteiger partial charge in [-0.2, -0.15) is 0 Å². The predicted octanol–water partition coefficient (Wildman–Crippen LogP) is 1.16. The monoisotopic (exact) mass is 231 g/mol. The quantitative estimate of drug-likeness (QED) is 0.483. The predicted molar refractivity (Wildman–Crippen MR) is 59.9 cm³/mol. The zero-order valence-electron chi connectivity index (χ0n) is 9.94. The van der Waals surface area contributed by atoms with Crippen molar-refractivity contribution in [1.82, 2.24) is 0 Å². The van der Waals surface area contributed by atoms with Crippen LogP contribution in [0.4, 0.5) is 0 Å². The minimum Gasteiger partial charge on any atom is -0.480 e. The summed E-state index contributed by atoms with van der Waals surface area (Å²) in [6.45, 7) is 4.25. The van der Waals surface area contributed by atoms with Gasteiger partial charge in [0, 0.05) is 6.42 Å². The number of ether oxygens (including phenoxy) is 1. The highest BCUT2D eigenvalue weighted by Crippen LogP contribution is 2.10. The van der Waals surface area contributed by atoms with E-state index in [1.54, 1.807) is 6.92 Å². The maximum absolute atomic E-state index is 11.3. The SMILES string of the molecule is CCCCOC(=O)CC(C)C[C@@H](N)C(=O)O. The molecule has 1 unspecified atom stereocenters. The van der Waals surface area contributed by atoms with Gasteiger partial charge in [0.05, 0.1) is 6.61 Å². The number of carboxylic acids is 1. The first-order chi connectivity index (χ1) is 7.47. The summed E-state index contributed by atoms with van der Waals surface area (Å²) in [6.07, 6.45) is 2.35. The molecule has 0 spiro atoms. The summed E-state index contributed by atoms with van der Waals surface area (Å²) in [5, 5.41) is 8.60. The number of carbonyl (C=O) groups is 2. The van der Waals surface area contributed by atoms with Crippen LogP contribution in [0.2, 0.25) is 0 Å². The third kappa shape index (κ3) is 7.23. The average Bonchev–Trinajstić information content (AvgIpc) is 2.17. The standard InChI is InChI=1S/C11H21NO4/c1-3-4-5-16-10(13)7-8(2)6-9(12)11(14)15/h8-9H,3-7,12H2,1-2H3,(H,14,15)/t8?,9-/m1/s1. The van der Waals surface area contributed by atoms with Crippen molar-refractivity contribution in [3.63, 3.8) is 0 Å². The molecule has 0 bridgehead atoms. The van der Waals surface area contributed by atoms with Gasteiger partial charge in [0.15, 0.2) is 0 Å². The molecule has 94 valence electrons.